The van der Waals surface area contributed by atoms with Crippen LogP contribution < -0.4 is 0 Å². The first-order valence-corrected chi connectivity index (χ1v) is 11.1. The number of rotatable bonds is 10. The second kappa shape index (κ2) is 11.1. The third-order valence-corrected chi connectivity index (χ3v) is 6.03. The minimum absolute atomic E-state index is 0.0161. The van der Waals surface area contributed by atoms with E-state index in [1.54, 1.807) is 0 Å². The van der Waals surface area contributed by atoms with Gasteiger partial charge in [-0.2, -0.15) is 0 Å². The number of aliphatic hydroxyl groups excluding tert-OH is 2. The minimum Gasteiger partial charge on any atom is -0.396 e. The van der Waals surface area contributed by atoms with Gasteiger partial charge in [0, 0.05) is 19.1 Å². The molecule has 3 rings (SSSR count). The van der Waals surface area contributed by atoms with E-state index in [-0.39, 0.29) is 19.1 Å². The molecular weight excluding hydrogens is 368 g/mol. The molecule has 158 valence electrons. The van der Waals surface area contributed by atoms with E-state index in [2.05, 4.69) is 80.6 Å². The average Bonchev–Trinajstić information content (AvgIpc) is 2.79. The first kappa shape index (κ1) is 22.3. The summed E-state index contributed by atoms with van der Waals surface area (Å²) >= 11 is 0. The van der Waals surface area contributed by atoms with Crippen LogP contribution in [-0.2, 0) is 25.7 Å². The Morgan fingerprint density at radius 3 is 1.87 bits per heavy atom. The van der Waals surface area contributed by atoms with E-state index in [1.807, 2.05) is 0 Å². The van der Waals surface area contributed by atoms with E-state index in [4.69, 9.17) is 0 Å². The molecule has 0 bridgehead atoms. The molecule has 0 aliphatic rings. The summed E-state index contributed by atoms with van der Waals surface area (Å²) in [6.45, 7) is 4.43. The van der Waals surface area contributed by atoms with Gasteiger partial charge in [0.1, 0.15) is 0 Å². The third kappa shape index (κ3) is 6.04. The number of aryl methyl sites for hydroxylation is 5. The molecule has 30 heavy (non-hydrogen) atoms. The number of hydrogen-bond donors (Lipinski definition) is 2. The highest BCUT2D eigenvalue weighted by molar-refractivity contribution is 5.63. The Hall–Kier alpha value is -2.42. The second-order valence-electron chi connectivity index (χ2n) is 8.29. The van der Waals surface area contributed by atoms with Crippen molar-refractivity contribution in [3.05, 3.63) is 94.5 Å². The van der Waals surface area contributed by atoms with Crippen molar-refractivity contribution < 1.29 is 10.2 Å². The Kier molecular flexibility index (Phi) is 8.24. The van der Waals surface area contributed by atoms with Crippen LogP contribution in [0.3, 0.4) is 0 Å². The highest BCUT2D eigenvalue weighted by atomic mass is 16.3. The molecule has 3 aromatic carbocycles. The number of hydrogen-bond acceptors (Lipinski definition) is 2. The van der Waals surface area contributed by atoms with Crippen LogP contribution >= 0.6 is 0 Å². The SMILES string of the molecule is CCc1cc(CCC(CO)CO)ccc1CCc1ccc(-c2ccc(C)cc2)cc1. The Morgan fingerprint density at radius 1 is 0.667 bits per heavy atom. The average molecular weight is 403 g/mol. The normalized spacial score (nSPS) is 11.2. The molecule has 0 heterocycles. The van der Waals surface area contributed by atoms with Gasteiger partial charge in [0.2, 0.25) is 0 Å². The molecule has 0 unspecified atom stereocenters. The summed E-state index contributed by atoms with van der Waals surface area (Å²) in [5.74, 6) is -0.0161. The Morgan fingerprint density at radius 2 is 1.27 bits per heavy atom. The van der Waals surface area contributed by atoms with Crippen LogP contribution in [0, 0.1) is 12.8 Å². The molecule has 0 aliphatic carbocycles. The van der Waals surface area contributed by atoms with Gasteiger partial charge in [-0.3, -0.25) is 0 Å². The molecule has 2 nitrogen and oxygen atoms in total. The van der Waals surface area contributed by atoms with E-state index >= 15 is 0 Å². The van der Waals surface area contributed by atoms with Crippen molar-refractivity contribution in [1.82, 2.24) is 0 Å². The van der Waals surface area contributed by atoms with E-state index in [9.17, 15) is 10.2 Å². The lowest BCUT2D eigenvalue weighted by Gasteiger charge is -2.13. The molecule has 0 amide bonds. The summed E-state index contributed by atoms with van der Waals surface area (Å²) < 4.78 is 0. The fraction of sp³-hybridized carbons (Fsp3) is 0.357. The maximum atomic E-state index is 9.26. The van der Waals surface area contributed by atoms with E-state index in [0.717, 1.165) is 32.1 Å². The third-order valence-electron chi connectivity index (χ3n) is 6.03. The quantitative estimate of drug-likeness (QED) is 0.467. The highest BCUT2D eigenvalue weighted by Gasteiger charge is 2.08. The summed E-state index contributed by atoms with van der Waals surface area (Å²) in [5, 5.41) is 18.5. The van der Waals surface area contributed by atoms with Crippen molar-refractivity contribution in [3.8, 4) is 11.1 Å². The Labute approximate surface area is 181 Å². The molecule has 3 aromatic rings. The van der Waals surface area contributed by atoms with Crippen molar-refractivity contribution in [1.29, 1.82) is 0 Å². The van der Waals surface area contributed by atoms with Gasteiger partial charge in [-0.05, 0) is 72.4 Å². The van der Waals surface area contributed by atoms with Crippen LogP contribution in [0.25, 0.3) is 11.1 Å². The van der Waals surface area contributed by atoms with Crippen LogP contribution in [0.4, 0.5) is 0 Å². The summed E-state index contributed by atoms with van der Waals surface area (Å²) in [7, 11) is 0. The van der Waals surface area contributed by atoms with Crippen LogP contribution in [0.1, 0.15) is 41.2 Å². The topological polar surface area (TPSA) is 40.5 Å². The lowest BCUT2D eigenvalue weighted by atomic mass is 9.93. The van der Waals surface area contributed by atoms with E-state index in [0.29, 0.717) is 0 Å². The molecule has 0 aromatic heterocycles. The Bertz CT molecular complexity index is 906. The minimum atomic E-state index is -0.0161. The summed E-state index contributed by atoms with van der Waals surface area (Å²) in [5.41, 5.74) is 9.31. The van der Waals surface area contributed by atoms with Gasteiger partial charge in [-0.1, -0.05) is 79.2 Å². The van der Waals surface area contributed by atoms with Crippen LogP contribution in [0.2, 0.25) is 0 Å². The summed E-state index contributed by atoms with van der Waals surface area (Å²) in [4.78, 5) is 0. The van der Waals surface area contributed by atoms with Gasteiger partial charge < -0.3 is 10.2 Å². The number of aliphatic hydroxyl groups is 2. The first-order chi connectivity index (χ1) is 14.6. The van der Waals surface area contributed by atoms with Crippen molar-refractivity contribution in [2.24, 2.45) is 5.92 Å². The maximum Gasteiger partial charge on any atom is 0.0481 e. The van der Waals surface area contributed by atoms with Gasteiger partial charge in [0.25, 0.3) is 0 Å². The van der Waals surface area contributed by atoms with Crippen LogP contribution in [0.5, 0.6) is 0 Å². The van der Waals surface area contributed by atoms with Crippen molar-refractivity contribution in [2.45, 2.75) is 46.0 Å². The molecule has 0 saturated heterocycles. The summed E-state index contributed by atoms with van der Waals surface area (Å²) in [6, 6.07) is 24.4. The van der Waals surface area contributed by atoms with Gasteiger partial charge in [0.05, 0.1) is 0 Å². The van der Waals surface area contributed by atoms with Crippen molar-refractivity contribution in [2.75, 3.05) is 13.2 Å². The van der Waals surface area contributed by atoms with E-state index in [1.165, 1.54) is 38.9 Å². The predicted octanol–water partition coefficient (Wildman–Crippen LogP) is 5.54. The zero-order chi connectivity index (χ0) is 21.3. The van der Waals surface area contributed by atoms with Crippen LogP contribution in [-0.4, -0.2) is 23.4 Å². The molecule has 0 radical (unpaired) electrons. The zero-order valence-electron chi connectivity index (χ0n) is 18.3. The largest absolute Gasteiger partial charge is 0.396 e. The van der Waals surface area contributed by atoms with Gasteiger partial charge in [0.15, 0.2) is 0 Å². The summed E-state index contributed by atoms with van der Waals surface area (Å²) in [6.07, 6.45) is 4.84. The van der Waals surface area contributed by atoms with Crippen LogP contribution in [0.15, 0.2) is 66.7 Å². The fourth-order valence-electron chi connectivity index (χ4n) is 3.91. The Balaban J connectivity index is 1.61. The molecule has 0 fully saturated rings. The van der Waals surface area contributed by atoms with Gasteiger partial charge in [-0.25, -0.2) is 0 Å². The lowest BCUT2D eigenvalue weighted by Crippen LogP contribution is -2.12. The molecule has 0 aliphatic heterocycles. The van der Waals surface area contributed by atoms with Gasteiger partial charge >= 0.3 is 0 Å². The fourth-order valence-corrected chi connectivity index (χ4v) is 3.91. The zero-order valence-corrected chi connectivity index (χ0v) is 18.3. The van der Waals surface area contributed by atoms with Crippen molar-refractivity contribution >= 4 is 0 Å². The number of benzene rings is 3. The smallest absolute Gasteiger partial charge is 0.0481 e. The monoisotopic (exact) mass is 402 g/mol. The van der Waals surface area contributed by atoms with Crippen molar-refractivity contribution in [3.63, 3.8) is 0 Å². The van der Waals surface area contributed by atoms with Gasteiger partial charge in [-0.15, -0.1) is 0 Å². The van der Waals surface area contributed by atoms with E-state index < -0.39 is 0 Å². The maximum absolute atomic E-state index is 9.26. The first-order valence-electron chi connectivity index (χ1n) is 11.1. The second-order valence-corrected chi connectivity index (χ2v) is 8.29. The molecule has 0 atom stereocenters. The molecule has 2 N–H and O–H groups in total. The molecular formula is C28H34O2. The molecule has 2 heteroatoms. The molecule has 0 spiro atoms. The molecule has 0 saturated carbocycles. The lowest BCUT2D eigenvalue weighted by molar-refractivity contribution is 0.144. The standard InChI is InChI=1S/C28H34O2/c1-3-25-18-23(6-7-24(19-29)20-30)11-17-26(25)14-8-22-9-15-28(16-10-22)27-12-4-21(2)5-13-27/h4-5,9-13,15-18,24,29-30H,3,6-8,14,19-20H2,1-2H3. The predicted molar refractivity (Wildman–Crippen MR) is 126 cm³/mol. The highest BCUT2D eigenvalue weighted by Crippen LogP contribution is 2.22.